The summed E-state index contributed by atoms with van der Waals surface area (Å²) >= 11 is 0. The van der Waals surface area contributed by atoms with Crippen molar-refractivity contribution in [1.29, 1.82) is 0 Å². The van der Waals surface area contributed by atoms with Gasteiger partial charge in [0, 0.05) is 17.4 Å². The lowest BCUT2D eigenvalue weighted by Crippen LogP contribution is -2.51. The minimum absolute atomic E-state index is 0.0658. The zero-order valence-electron chi connectivity index (χ0n) is 14.6. The van der Waals surface area contributed by atoms with E-state index >= 15 is 0 Å². The van der Waals surface area contributed by atoms with E-state index in [1.807, 2.05) is 6.07 Å². The number of carbonyl (C=O) groups excluding carboxylic acids is 1. The maximum Gasteiger partial charge on any atom is 0.313 e. The Labute approximate surface area is 142 Å². The van der Waals surface area contributed by atoms with E-state index in [2.05, 4.69) is 26.8 Å². The molecule has 5 atom stereocenters. The number of carbonyl (C=O) groups is 1. The van der Waals surface area contributed by atoms with Gasteiger partial charge in [0.1, 0.15) is 6.10 Å². The molecule has 4 nitrogen and oxygen atoms in total. The second-order valence-corrected chi connectivity index (χ2v) is 8.36. The third kappa shape index (κ3) is 1.98. The second kappa shape index (κ2) is 5.22. The second-order valence-electron chi connectivity index (χ2n) is 8.36. The molecule has 0 amide bonds. The molecule has 4 heteroatoms. The van der Waals surface area contributed by atoms with Crippen molar-refractivity contribution >= 4 is 5.97 Å². The van der Waals surface area contributed by atoms with Crippen LogP contribution in [0, 0.1) is 22.7 Å². The van der Waals surface area contributed by atoms with Gasteiger partial charge in [-0.05, 0) is 37.2 Å². The number of rotatable bonds is 1. The van der Waals surface area contributed by atoms with Crippen molar-refractivity contribution in [3.05, 3.63) is 35.8 Å². The molecule has 0 unspecified atom stereocenters. The van der Waals surface area contributed by atoms with Crippen LogP contribution in [0.3, 0.4) is 0 Å². The van der Waals surface area contributed by atoms with Gasteiger partial charge in [-0.2, -0.15) is 0 Å². The molecule has 130 valence electrons. The number of hydrogen-bond acceptors (Lipinski definition) is 4. The first-order valence-corrected chi connectivity index (χ1v) is 8.99. The number of esters is 1. The van der Waals surface area contributed by atoms with E-state index in [0.29, 0.717) is 6.42 Å². The molecular formula is C20H26O4. The summed E-state index contributed by atoms with van der Waals surface area (Å²) in [4.78, 5) is 13.1. The molecule has 1 saturated carbocycles. The number of aliphatic hydroxyl groups excluding tert-OH is 1. The third-order valence-electron chi connectivity index (χ3n) is 6.94. The van der Waals surface area contributed by atoms with Crippen LogP contribution in [0.5, 0.6) is 0 Å². The lowest BCUT2D eigenvalue weighted by atomic mass is 9.51. The van der Waals surface area contributed by atoms with Crippen LogP contribution < -0.4 is 0 Å². The summed E-state index contributed by atoms with van der Waals surface area (Å²) < 4.78 is 11.0. The first-order valence-electron chi connectivity index (χ1n) is 8.99. The van der Waals surface area contributed by atoms with Crippen molar-refractivity contribution in [3.63, 3.8) is 0 Å². The lowest BCUT2D eigenvalue weighted by Gasteiger charge is -2.52. The predicted molar refractivity (Wildman–Crippen MR) is 89.0 cm³/mol. The zero-order chi connectivity index (χ0) is 17.1. The molecule has 0 bridgehead atoms. The molecule has 24 heavy (non-hydrogen) atoms. The van der Waals surface area contributed by atoms with Crippen molar-refractivity contribution in [2.75, 3.05) is 0 Å². The number of ether oxygens (including phenoxy) is 1. The Hall–Kier alpha value is -1.55. The Morgan fingerprint density at radius 1 is 1.29 bits per heavy atom. The average molecular weight is 330 g/mol. The van der Waals surface area contributed by atoms with E-state index in [0.717, 1.165) is 24.8 Å². The molecule has 2 aliphatic carbocycles. The van der Waals surface area contributed by atoms with Gasteiger partial charge in [0.05, 0.1) is 24.0 Å². The monoisotopic (exact) mass is 330 g/mol. The highest BCUT2D eigenvalue weighted by Gasteiger charge is 2.62. The van der Waals surface area contributed by atoms with E-state index in [4.69, 9.17) is 9.15 Å². The number of allylic oxidation sites excluding steroid dienone is 1. The lowest BCUT2D eigenvalue weighted by molar-refractivity contribution is -0.155. The molecule has 1 aromatic rings. The van der Waals surface area contributed by atoms with Gasteiger partial charge in [-0.3, -0.25) is 4.79 Å². The fraction of sp³-hybridized carbons (Fsp3) is 0.650. The van der Waals surface area contributed by atoms with E-state index in [-0.39, 0.29) is 35.4 Å². The molecule has 1 spiro atoms. The van der Waals surface area contributed by atoms with Gasteiger partial charge in [-0.15, -0.1) is 0 Å². The summed E-state index contributed by atoms with van der Waals surface area (Å²) in [5.74, 6) is 0.356. The molecule has 3 aliphatic rings. The van der Waals surface area contributed by atoms with Crippen LogP contribution in [0.25, 0.3) is 0 Å². The van der Waals surface area contributed by atoms with Crippen LogP contribution in [0.2, 0.25) is 0 Å². The normalized spacial score (nSPS) is 41.0. The number of furan rings is 1. The van der Waals surface area contributed by atoms with Gasteiger partial charge in [0.2, 0.25) is 0 Å². The first kappa shape index (κ1) is 15.9. The highest BCUT2D eigenvalue weighted by molar-refractivity contribution is 5.81. The number of cyclic esters (lactones) is 1. The van der Waals surface area contributed by atoms with Crippen molar-refractivity contribution < 1.29 is 19.1 Å². The highest BCUT2D eigenvalue weighted by Crippen LogP contribution is 2.62. The SMILES string of the molecule is C[C@@H]1CC=C2[C@H](CC[C@@H](O)C2(C)C)[C@@]12C[C@@H](c1ccoc1)OC2=O. The molecule has 2 fully saturated rings. The Bertz CT molecular complexity index is 672. The fourth-order valence-corrected chi connectivity index (χ4v) is 5.28. The molecule has 1 saturated heterocycles. The summed E-state index contributed by atoms with van der Waals surface area (Å²) in [6.07, 6.45) is 8.21. The molecule has 0 aromatic carbocycles. The van der Waals surface area contributed by atoms with E-state index in [1.165, 1.54) is 5.57 Å². The van der Waals surface area contributed by atoms with E-state index < -0.39 is 5.41 Å². The Morgan fingerprint density at radius 2 is 2.08 bits per heavy atom. The van der Waals surface area contributed by atoms with Crippen molar-refractivity contribution in [2.24, 2.45) is 22.7 Å². The number of hydrogen-bond donors (Lipinski definition) is 1. The summed E-state index contributed by atoms with van der Waals surface area (Å²) in [6.45, 7) is 6.38. The number of aliphatic hydroxyl groups is 1. The first-order chi connectivity index (χ1) is 11.4. The maximum atomic E-state index is 13.1. The molecular weight excluding hydrogens is 304 g/mol. The summed E-state index contributed by atoms with van der Waals surface area (Å²) in [6, 6.07) is 1.88. The molecule has 4 rings (SSSR count). The molecule has 1 N–H and O–H groups in total. The maximum absolute atomic E-state index is 13.1. The third-order valence-corrected chi connectivity index (χ3v) is 6.94. The van der Waals surface area contributed by atoms with Crippen LogP contribution >= 0.6 is 0 Å². The van der Waals surface area contributed by atoms with E-state index in [1.54, 1.807) is 12.5 Å². The predicted octanol–water partition coefficient (Wildman–Crippen LogP) is 4.02. The molecule has 0 radical (unpaired) electrons. The van der Waals surface area contributed by atoms with Crippen LogP contribution in [0.4, 0.5) is 0 Å². The van der Waals surface area contributed by atoms with Crippen LogP contribution in [-0.2, 0) is 9.53 Å². The highest BCUT2D eigenvalue weighted by atomic mass is 16.6. The van der Waals surface area contributed by atoms with Crippen LogP contribution in [0.1, 0.15) is 58.1 Å². The topological polar surface area (TPSA) is 59.7 Å². The van der Waals surface area contributed by atoms with Gasteiger partial charge in [0.15, 0.2) is 0 Å². The molecule has 2 heterocycles. The Kier molecular flexibility index (Phi) is 3.47. The smallest absolute Gasteiger partial charge is 0.313 e. The van der Waals surface area contributed by atoms with Gasteiger partial charge in [-0.25, -0.2) is 0 Å². The largest absolute Gasteiger partial charge is 0.472 e. The minimum atomic E-state index is -0.469. The standard InChI is InChI=1S/C20H26O4/c1-12-4-5-14-15(6-7-17(21)19(14,2)3)20(12)10-16(24-18(20)22)13-8-9-23-11-13/h5,8-9,11-12,15-17,21H,4,6-7,10H2,1-3H3/t12-,15+,16+,17-,20-/m1/s1. The van der Waals surface area contributed by atoms with Gasteiger partial charge in [-0.1, -0.05) is 32.4 Å². The zero-order valence-corrected chi connectivity index (χ0v) is 14.6. The van der Waals surface area contributed by atoms with Gasteiger partial charge in [0.25, 0.3) is 0 Å². The van der Waals surface area contributed by atoms with Crippen LogP contribution in [-0.4, -0.2) is 17.2 Å². The Morgan fingerprint density at radius 3 is 2.79 bits per heavy atom. The van der Waals surface area contributed by atoms with Crippen molar-refractivity contribution in [1.82, 2.24) is 0 Å². The summed E-state index contributed by atoms with van der Waals surface area (Å²) in [5, 5.41) is 10.5. The van der Waals surface area contributed by atoms with Gasteiger partial charge < -0.3 is 14.3 Å². The molecule has 1 aliphatic heterocycles. The fourth-order valence-electron chi connectivity index (χ4n) is 5.28. The minimum Gasteiger partial charge on any atom is -0.472 e. The van der Waals surface area contributed by atoms with E-state index in [9.17, 15) is 9.90 Å². The van der Waals surface area contributed by atoms with Crippen molar-refractivity contribution in [2.45, 2.75) is 58.7 Å². The average Bonchev–Trinajstić information content (AvgIpc) is 3.16. The number of fused-ring (bicyclic) bond motifs is 2. The van der Waals surface area contributed by atoms with Crippen LogP contribution in [0.15, 0.2) is 34.7 Å². The summed E-state index contributed by atoms with van der Waals surface area (Å²) in [5.41, 5.74) is 1.45. The Balaban J connectivity index is 1.74. The van der Waals surface area contributed by atoms with Crippen molar-refractivity contribution in [3.8, 4) is 0 Å². The molecule has 1 aromatic heterocycles. The quantitative estimate of drug-likeness (QED) is 0.624. The summed E-state index contributed by atoms with van der Waals surface area (Å²) in [7, 11) is 0. The van der Waals surface area contributed by atoms with Gasteiger partial charge >= 0.3 is 5.97 Å².